The molecule has 1 N–H and O–H groups in total. The van der Waals surface area contributed by atoms with Crippen molar-refractivity contribution in [2.45, 2.75) is 13.2 Å². The molecule has 142 valence electrons. The van der Waals surface area contributed by atoms with Gasteiger partial charge in [-0.15, -0.1) is 8.78 Å². The van der Waals surface area contributed by atoms with Crippen LogP contribution in [0.25, 0.3) is 11.1 Å². The summed E-state index contributed by atoms with van der Waals surface area (Å²) in [7, 11) is 0. The highest BCUT2D eigenvalue weighted by molar-refractivity contribution is 6.04. The second kappa shape index (κ2) is 6.56. The SMILES string of the molecule is Cc1cc2c(cc1-c1ccc(NC(=O)c3cncc(F)c3)cc1)OC(F)(F)O2. The van der Waals surface area contributed by atoms with Gasteiger partial charge in [-0.1, -0.05) is 12.1 Å². The molecule has 0 aliphatic carbocycles. The highest BCUT2D eigenvalue weighted by atomic mass is 19.3. The molecule has 0 atom stereocenters. The van der Waals surface area contributed by atoms with Gasteiger partial charge in [-0.3, -0.25) is 9.78 Å². The first kappa shape index (κ1) is 17.8. The summed E-state index contributed by atoms with van der Waals surface area (Å²) in [4.78, 5) is 15.8. The molecule has 0 fully saturated rings. The number of alkyl halides is 2. The first-order valence-electron chi connectivity index (χ1n) is 8.23. The van der Waals surface area contributed by atoms with E-state index in [1.165, 1.54) is 18.3 Å². The highest BCUT2D eigenvalue weighted by Gasteiger charge is 2.43. The Kier molecular flexibility index (Phi) is 4.18. The number of nitrogens with one attached hydrogen (secondary N) is 1. The van der Waals surface area contributed by atoms with E-state index in [9.17, 15) is 18.0 Å². The van der Waals surface area contributed by atoms with Crippen molar-refractivity contribution in [1.29, 1.82) is 0 Å². The van der Waals surface area contributed by atoms with E-state index < -0.39 is 18.0 Å². The molecule has 1 aliphatic heterocycles. The van der Waals surface area contributed by atoms with E-state index in [0.29, 0.717) is 11.3 Å². The van der Waals surface area contributed by atoms with Gasteiger partial charge in [0, 0.05) is 11.9 Å². The summed E-state index contributed by atoms with van der Waals surface area (Å²) in [5.74, 6) is -1.16. The van der Waals surface area contributed by atoms with Crippen molar-refractivity contribution in [3.05, 3.63) is 71.8 Å². The Labute approximate surface area is 157 Å². The standard InChI is InChI=1S/C20H13F3N2O3/c1-11-6-17-18(28-20(22,23)27-17)8-16(11)12-2-4-15(5-3-12)25-19(26)13-7-14(21)10-24-9-13/h2-10H,1H3,(H,25,26). The molecule has 0 saturated heterocycles. The third-order valence-corrected chi connectivity index (χ3v) is 4.17. The first-order valence-corrected chi connectivity index (χ1v) is 8.23. The van der Waals surface area contributed by atoms with E-state index in [1.54, 1.807) is 31.2 Å². The molecule has 3 aromatic rings. The maximum Gasteiger partial charge on any atom is 0.586 e. The maximum atomic E-state index is 13.2. The van der Waals surface area contributed by atoms with Crippen LogP contribution in [0, 0.1) is 12.7 Å². The Bertz CT molecular complexity index is 1070. The van der Waals surface area contributed by atoms with Crippen LogP contribution in [0.2, 0.25) is 0 Å². The molecule has 0 unspecified atom stereocenters. The number of carbonyl (C=O) groups is 1. The Morgan fingerprint density at radius 3 is 2.39 bits per heavy atom. The lowest BCUT2D eigenvalue weighted by Crippen LogP contribution is -2.25. The van der Waals surface area contributed by atoms with Gasteiger partial charge in [-0.05, 0) is 53.9 Å². The van der Waals surface area contributed by atoms with Gasteiger partial charge < -0.3 is 14.8 Å². The number of pyridine rings is 1. The predicted molar refractivity (Wildman–Crippen MR) is 95.0 cm³/mol. The molecule has 2 heterocycles. The van der Waals surface area contributed by atoms with Crippen LogP contribution in [0.1, 0.15) is 15.9 Å². The number of aryl methyl sites for hydroxylation is 1. The molecule has 1 aromatic heterocycles. The molecule has 0 saturated carbocycles. The lowest BCUT2D eigenvalue weighted by Gasteiger charge is -2.09. The highest BCUT2D eigenvalue weighted by Crippen LogP contribution is 2.44. The van der Waals surface area contributed by atoms with E-state index in [0.717, 1.165) is 23.4 Å². The number of hydrogen-bond acceptors (Lipinski definition) is 4. The van der Waals surface area contributed by atoms with Gasteiger partial charge in [-0.25, -0.2) is 4.39 Å². The van der Waals surface area contributed by atoms with Crippen LogP contribution in [-0.4, -0.2) is 17.2 Å². The van der Waals surface area contributed by atoms with Gasteiger partial charge >= 0.3 is 6.29 Å². The predicted octanol–water partition coefficient (Wildman–Crippen LogP) is 4.77. The summed E-state index contributed by atoms with van der Waals surface area (Å²) in [5, 5.41) is 2.64. The summed E-state index contributed by atoms with van der Waals surface area (Å²) in [5.41, 5.74) is 2.74. The van der Waals surface area contributed by atoms with Crippen molar-refractivity contribution < 1.29 is 27.4 Å². The number of hydrogen-bond donors (Lipinski definition) is 1. The van der Waals surface area contributed by atoms with Gasteiger partial charge in [0.1, 0.15) is 5.82 Å². The molecule has 4 rings (SSSR count). The Balaban J connectivity index is 1.55. The topological polar surface area (TPSA) is 60.5 Å². The van der Waals surface area contributed by atoms with Crippen molar-refractivity contribution in [2.24, 2.45) is 0 Å². The molecular weight excluding hydrogens is 373 g/mol. The number of anilines is 1. The zero-order chi connectivity index (χ0) is 19.9. The molecule has 0 radical (unpaired) electrons. The van der Waals surface area contributed by atoms with Gasteiger partial charge in [0.25, 0.3) is 5.91 Å². The summed E-state index contributed by atoms with van der Waals surface area (Å²) < 4.78 is 48.6. The average molecular weight is 386 g/mol. The minimum Gasteiger partial charge on any atom is -0.395 e. The van der Waals surface area contributed by atoms with Crippen molar-refractivity contribution in [1.82, 2.24) is 4.98 Å². The average Bonchev–Trinajstić information content (AvgIpc) is 2.94. The van der Waals surface area contributed by atoms with E-state index in [4.69, 9.17) is 0 Å². The fourth-order valence-corrected chi connectivity index (χ4v) is 2.88. The third-order valence-electron chi connectivity index (χ3n) is 4.17. The van der Waals surface area contributed by atoms with Gasteiger partial charge in [0.05, 0.1) is 11.8 Å². The van der Waals surface area contributed by atoms with E-state index in [-0.39, 0.29) is 17.1 Å². The molecule has 0 spiro atoms. The van der Waals surface area contributed by atoms with Crippen LogP contribution in [-0.2, 0) is 0 Å². The Hall–Kier alpha value is -3.55. The lowest BCUT2D eigenvalue weighted by atomic mass is 9.99. The number of aromatic nitrogens is 1. The zero-order valence-electron chi connectivity index (χ0n) is 14.5. The number of halogens is 3. The molecule has 5 nitrogen and oxygen atoms in total. The van der Waals surface area contributed by atoms with Crippen LogP contribution in [0.3, 0.4) is 0 Å². The van der Waals surface area contributed by atoms with Crippen LogP contribution < -0.4 is 14.8 Å². The quantitative estimate of drug-likeness (QED) is 0.705. The van der Waals surface area contributed by atoms with Gasteiger partial charge in [0.15, 0.2) is 11.5 Å². The molecule has 28 heavy (non-hydrogen) atoms. The molecule has 0 bridgehead atoms. The fourth-order valence-electron chi connectivity index (χ4n) is 2.88. The lowest BCUT2D eigenvalue weighted by molar-refractivity contribution is -0.286. The summed E-state index contributed by atoms with van der Waals surface area (Å²) >= 11 is 0. The second-order valence-electron chi connectivity index (χ2n) is 6.20. The van der Waals surface area contributed by atoms with Crippen LogP contribution >= 0.6 is 0 Å². The molecule has 1 aliphatic rings. The Morgan fingerprint density at radius 2 is 1.71 bits per heavy atom. The van der Waals surface area contributed by atoms with Crippen molar-refractivity contribution in [3.8, 4) is 22.6 Å². The normalized spacial score (nSPS) is 14.0. The van der Waals surface area contributed by atoms with Gasteiger partial charge in [0.2, 0.25) is 0 Å². The minimum absolute atomic E-state index is 0.0150. The van der Waals surface area contributed by atoms with E-state index in [1.807, 2.05) is 0 Å². The fraction of sp³-hybridized carbons (Fsp3) is 0.100. The van der Waals surface area contributed by atoms with E-state index in [2.05, 4.69) is 19.8 Å². The van der Waals surface area contributed by atoms with Crippen LogP contribution in [0.5, 0.6) is 11.5 Å². The third kappa shape index (κ3) is 3.48. The smallest absolute Gasteiger partial charge is 0.395 e. The van der Waals surface area contributed by atoms with Crippen LogP contribution in [0.4, 0.5) is 18.9 Å². The Morgan fingerprint density at radius 1 is 1.04 bits per heavy atom. The molecular formula is C20H13F3N2O3. The number of ether oxygens (including phenoxy) is 2. The number of amides is 1. The first-order chi connectivity index (χ1) is 13.3. The number of carbonyl (C=O) groups excluding carboxylic acids is 1. The number of benzene rings is 2. The number of rotatable bonds is 3. The summed E-state index contributed by atoms with van der Waals surface area (Å²) in [6.45, 7) is 1.77. The molecule has 1 amide bonds. The summed E-state index contributed by atoms with van der Waals surface area (Å²) in [6.07, 6.45) is -1.40. The zero-order valence-corrected chi connectivity index (χ0v) is 14.5. The van der Waals surface area contributed by atoms with Gasteiger partial charge in [-0.2, -0.15) is 0 Å². The van der Waals surface area contributed by atoms with Crippen molar-refractivity contribution >= 4 is 11.6 Å². The number of nitrogens with zero attached hydrogens (tertiary/aromatic N) is 1. The van der Waals surface area contributed by atoms with Crippen LogP contribution in [0.15, 0.2) is 54.9 Å². The maximum absolute atomic E-state index is 13.2. The number of fused-ring (bicyclic) bond motifs is 1. The minimum atomic E-state index is -3.67. The molecule has 2 aromatic carbocycles. The molecule has 8 heteroatoms. The largest absolute Gasteiger partial charge is 0.586 e. The van der Waals surface area contributed by atoms with Crippen molar-refractivity contribution in [3.63, 3.8) is 0 Å². The second-order valence-corrected chi connectivity index (χ2v) is 6.20. The summed E-state index contributed by atoms with van der Waals surface area (Å²) in [6, 6.07) is 10.8. The van der Waals surface area contributed by atoms with E-state index >= 15 is 0 Å². The van der Waals surface area contributed by atoms with Crippen molar-refractivity contribution in [2.75, 3.05) is 5.32 Å². The monoisotopic (exact) mass is 386 g/mol.